The minimum atomic E-state index is -3.61. The first kappa shape index (κ1) is 21.2. The Balaban J connectivity index is 1.49. The minimum Gasteiger partial charge on any atom is -0.322 e. The second kappa shape index (κ2) is 9.40. The zero-order valence-corrected chi connectivity index (χ0v) is 18.0. The molecule has 9 heteroatoms. The number of sulfonamides is 1. The summed E-state index contributed by atoms with van der Waals surface area (Å²) in [5, 5.41) is 6.94. The molecule has 8 nitrogen and oxygen atoms in total. The molecule has 2 aromatic carbocycles. The monoisotopic (exact) mass is 439 g/mol. The normalized spacial score (nSPS) is 15.4. The van der Waals surface area contributed by atoms with Crippen molar-refractivity contribution in [3.05, 3.63) is 72.3 Å². The standard InChI is InChI=1S/C22H25N5O3S/c28-22(25-20-9-5-7-18(13-20)15-26-17-23-16-24-26)19-8-6-10-21(14-19)31(29,30)27-11-3-1-2-4-12-27/h5-10,13-14,16-17H,1-4,11-12,15H2,(H,25,28). The van der Waals surface area contributed by atoms with Crippen LogP contribution in [0.2, 0.25) is 0 Å². The predicted molar refractivity (Wildman–Crippen MR) is 117 cm³/mol. The van der Waals surface area contributed by atoms with E-state index in [0.717, 1.165) is 31.2 Å². The van der Waals surface area contributed by atoms with E-state index in [1.54, 1.807) is 35.3 Å². The third kappa shape index (κ3) is 5.18. The Kier molecular flexibility index (Phi) is 6.43. The van der Waals surface area contributed by atoms with Crippen molar-refractivity contribution in [3.63, 3.8) is 0 Å². The van der Waals surface area contributed by atoms with Gasteiger partial charge in [-0.15, -0.1) is 0 Å². The highest BCUT2D eigenvalue weighted by Gasteiger charge is 2.25. The van der Waals surface area contributed by atoms with Crippen LogP contribution in [-0.2, 0) is 16.6 Å². The average molecular weight is 440 g/mol. The molecule has 1 aliphatic heterocycles. The van der Waals surface area contributed by atoms with Gasteiger partial charge in [0.05, 0.1) is 11.4 Å². The molecule has 0 radical (unpaired) electrons. The highest BCUT2D eigenvalue weighted by molar-refractivity contribution is 7.89. The fourth-order valence-electron chi connectivity index (χ4n) is 3.68. The lowest BCUT2D eigenvalue weighted by molar-refractivity contribution is 0.102. The number of hydrogen-bond donors (Lipinski definition) is 1. The van der Waals surface area contributed by atoms with Crippen LogP contribution in [0.25, 0.3) is 0 Å². The van der Waals surface area contributed by atoms with Gasteiger partial charge < -0.3 is 5.32 Å². The number of nitrogens with zero attached hydrogens (tertiary/aromatic N) is 4. The molecular weight excluding hydrogens is 414 g/mol. The number of carbonyl (C=O) groups is 1. The smallest absolute Gasteiger partial charge is 0.255 e. The van der Waals surface area contributed by atoms with Crippen molar-refractivity contribution in [2.45, 2.75) is 37.1 Å². The molecule has 0 unspecified atom stereocenters. The molecule has 1 saturated heterocycles. The fourth-order valence-corrected chi connectivity index (χ4v) is 5.24. The summed E-state index contributed by atoms with van der Waals surface area (Å²) < 4.78 is 29.3. The number of carbonyl (C=O) groups excluding carboxylic acids is 1. The molecule has 1 amide bonds. The van der Waals surface area contributed by atoms with Gasteiger partial charge in [0.25, 0.3) is 5.91 Å². The van der Waals surface area contributed by atoms with Gasteiger partial charge in [0.15, 0.2) is 0 Å². The number of anilines is 1. The lowest BCUT2D eigenvalue weighted by Crippen LogP contribution is -2.32. The first-order valence-electron chi connectivity index (χ1n) is 10.4. The largest absolute Gasteiger partial charge is 0.322 e. The van der Waals surface area contributed by atoms with Gasteiger partial charge in [0.1, 0.15) is 12.7 Å². The van der Waals surface area contributed by atoms with Crippen molar-refractivity contribution in [2.75, 3.05) is 18.4 Å². The summed E-state index contributed by atoms with van der Waals surface area (Å²) in [7, 11) is -3.61. The van der Waals surface area contributed by atoms with Gasteiger partial charge >= 0.3 is 0 Å². The van der Waals surface area contributed by atoms with Crippen molar-refractivity contribution >= 4 is 21.6 Å². The Labute approximate surface area is 182 Å². The molecule has 0 bridgehead atoms. The van der Waals surface area contributed by atoms with Crippen LogP contribution in [0.5, 0.6) is 0 Å². The van der Waals surface area contributed by atoms with E-state index in [9.17, 15) is 13.2 Å². The number of amides is 1. The van der Waals surface area contributed by atoms with E-state index in [2.05, 4.69) is 15.4 Å². The topological polar surface area (TPSA) is 97.2 Å². The van der Waals surface area contributed by atoms with E-state index in [4.69, 9.17) is 0 Å². The van der Waals surface area contributed by atoms with Crippen molar-refractivity contribution in [1.29, 1.82) is 0 Å². The molecule has 1 aliphatic rings. The van der Waals surface area contributed by atoms with Crippen molar-refractivity contribution in [2.24, 2.45) is 0 Å². The van der Waals surface area contributed by atoms with Crippen LogP contribution in [0.15, 0.2) is 66.1 Å². The number of nitrogens with one attached hydrogen (secondary N) is 1. The minimum absolute atomic E-state index is 0.155. The Morgan fingerprint density at radius 1 is 1.00 bits per heavy atom. The van der Waals surface area contributed by atoms with Crippen molar-refractivity contribution in [3.8, 4) is 0 Å². The van der Waals surface area contributed by atoms with Crippen LogP contribution in [0.1, 0.15) is 41.6 Å². The maximum Gasteiger partial charge on any atom is 0.255 e. The van der Waals surface area contributed by atoms with Gasteiger partial charge in [-0.05, 0) is 48.7 Å². The van der Waals surface area contributed by atoms with Crippen LogP contribution >= 0.6 is 0 Å². The Morgan fingerprint density at radius 3 is 2.52 bits per heavy atom. The molecule has 0 aliphatic carbocycles. The number of hydrogen-bond acceptors (Lipinski definition) is 5. The van der Waals surface area contributed by atoms with E-state index in [-0.39, 0.29) is 10.8 Å². The average Bonchev–Trinajstić information content (AvgIpc) is 3.12. The van der Waals surface area contributed by atoms with Crippen LogP contribution in [0.3, 0.4) is 0 Å². The van der Waals surface area contributed by atoms with Crippen LogP contribution in [-0.4, -0.2) is 46.5 Å². The SMILES string of the molecule is O=C(Nc1cccc(Cn2cncn2)c1)c1cccc(S(=O)(=O)N2CCCCCC2)c1. The number of rotatable bonds is 6. The zero-order chi connectivity index (χ0) is 21.7. The van der Waals surface area contributed by atoms with E-state index in [0.29, 0.717) is 30.9 Å². The molecule has 0 atom stereocenters. The summed E-state index contributed by atoms with van der Waals surface area (Å²) in [5.41, 5.74) is 1.89. The quantitative estimate of drug-likeness (QED) is 0.636. The van der Waals surface area contributed by atoms with Gasteiger partial charge in [-0.3, -0.25) is 4.79 Å². The maximum atomic E-state index is 13.1. The molecule has 4 rings (SSSR count). The molecule has 0 saturated carbocycles. The van der Waals surface area contributed by atoms with Crippen molar-refractivity contribution < 1.29 is 13.2 Å². The Hall–Kier alpha value is -3.04. The molecule has 1 aromatic heterocycles. The van der Waals surface area contributed by atoms with Gasteiger partial charge in [-0.25, -0.2) is 18.1 Å². The lowest BCUT2D eigenvalue weighted by atomic mass is 10.1. The Morgan fingerprint density at radius 2 is 1.77 bits per heavy atom. The van der Waals surface area contributed by atoms with E-state index in [1.165, 1.54) is 16.7 Å². The molecule has 3 aromatic rings. The van der Waals surface area contributed by atoms with Crippen LogP contribution in [0.4, 0.5) is 5.69 Å². The van der Waals surface area contributed by atoms with E-state index >= 15 is 0 Å². The van der Waals surface area contributed by atoms with Crippen LogP contribution in [0, 0.1) is 0 Å². The molecule has 1 N–H and O–H groups in total. The number of benzene rings is 2. The molecule has 162 valence electrons. The summed E-state index contributed by atoms with van der Waals surface area (Å²) in [5.74, 6) is -0.356. The molecular formula is C22H25N5O3S. The number of aromatic nitrogens is 3. The molecule has 0 spiro atoms. The summed E-state index contributed by atoms with van der Waals surface area (Å²) in [6.07, 6.45) is 6.92. The second-order valence-corrected chi connectivity index (χ2v) is 9.53. The van der Waals surface area contributed by atoms with Gasteiger partial charge in [0.2, 0.25) is 10.0 Å². The third-order valence-corrected chi connectivity index (χ3v) is 7.19. The van der Waals surface area contributed by atoms with Crippen LogP contribution < -0.4 is 5.32 Å². The highest BCUT2D eigenvalue weighted by atomic mass is 32.2. The van der Waals surface area contributed by atoms with Gasteiger partial charge in [0, 0.05) is 24.3 Å². The molecule has 2 heterocycles. The van der Waals surface area contributed by atoms with E-state index < -0.39 is 10.0 Å². The summed E-state index contributed by atoms with van der Waals surface area (Å²) in [4.78, 5) is 16.9. The first-order chi connectivity index (χ1) is 15.0. The molecule has 1 fully saturated rings. The van der Waals surface area contributed by atoms with Gasteiger partial charge in [-0.1, -0.05) is 31.0 Å². The zero-order valence-electron chi connectivity index (χ0n) is 17.1. The highest BCUT2D eigenvalue weighted by Crippen LogP contribution is 2.22. The fraction of sp³-hybridized carbons (Fsp3) is 0.318. The molecule has 31 heavy (non-hydrogen) atoms. The summed E-state index contributed by atoms with van der Waals surface area (Å²) in [6.45, 7) is 1.59. The predicted octanol–water partition coefficient (Wildman–Crippen LogP) is 3.14. The van der Waals surface area contributed by atoms with Gasteiger partial charge in [-0.2, -0.15) is 9.40 Å². The van der Waals surface area contributed by atoms with E-state index in [1.807, 2.05) is 18.2 Å². The second-order valence-electron chi connectivity index (χ2n) is 7.59. The maximum absolute atomic E-state index is 13.1. The lowest BCUT2D eigenvalue weighted by Gasteiger charge is -2.20. The Bertz CT molecular complexity index is 1140. The third-order valence-electron chi connectivity index (χ3n) is 5.30. The van der Waals surface area contributed by atoms with Crippen molar-refractivity contribution in [1.82, 2.24) is 19.1 Å². The first-order valence-corrected chi connectivity index (χ1v) is 11.8. The summed E-state index contributed by atoms with van der Waals surface area (Å²) >= 11 is 0. The summed E-state index contributed by atoms with van der Waals surface area (Å²) in [6, 6.07) is 13.7.